The van der Waals surface area contributed by atoms with Gasteiger partial charge in [-0.1, -0.05) is 34.1 Å². The van der Waals surface area contributed by atoms with Gasteiger partial charge in [0.25, 0.3) is 5.91 Å². The number of carbonyl (C=O) groups excluding carboxylic acids is 1. The first-order valence-corrected chi connectivity index (χ1v) is 8.10. The maximum absolute atomic E-state index is 11.9. The highest BCUT2D eigenvalue weighted by Gasteiger charge is 2.03. The van der Waals surface area contributed by atoms with Gasteiger partial charge in [-0.15, -0.1) is 0 Å². The number of hydrogen-bond donors (Lipinski definition) is 3. The SMILES string of the molecule is NC(=NCCCNC(=O)c1ccc(Br)cc1)Nc1ccccc1. The Morgan fingerprint density at radius 2 is 1.78 bits per heavy atom. The van der Waals surface area contributed by atoms with E-state index in [9.17, 15) is 4.79 Å². The van der Waals surface area contributed by atoms with Gasteiger partial charge in [0.1, 0.15) is 0 Å². The zero-order valence-electron chi connectivity index (χ0n) is 12.6. The van der Waals surface area contributed by atoms with Gasteiger partial charge in [-0.05, 0) is 42.8 Å². The smallest absolute Gasteiger partial charge is 0.251 e. The average molecular weight is 375 g/mol. The van der Waals surface area contributed by atoms with Gasteiger partial charge in [0, 0.05) is 28.8 Å². The van der Waals surface area contributed by atoms with E-state index in [0.29, 0.717) is 24.6 Å². The second-order valence-corrected chi connectivity index (χ2v) is 5.79. The minimum atomic E-state index is -0.0862. The molecule has 0 bridgehead atoms. The molecule has 0 aromatic heterocycles. The van der Waals surface area contributed by atoms with Crippen LogP contribution in [-0.2, 0) is 0 Å². The minimum Gasteiger partial charge on any atom is -0.370 e. The lowest BCUT2D eigenvalue weighted by Gasteiger charge is -2.06. The van der Waals surface area contributed by atoms with Crippen molar-refractivity contribution in [2.45, 2.75) is 6.42 Å². The topological polar surface area (TPSA) is 79.5 Å². The lowest BCUT2D eigenvalue weighted by molar-refractivity contribution is 0.0953. The van der Waals surface area contributed by atoms with E-state index in [0.717, 1.165) is 16.6 Å². The largest absolute Gasteiger partial charge is 0.370 e. The second kappa shape index (κ2) is 8.95. The lowest BCUT2D eigenvalue weighted by atomic mass is 10.2. The summed E-state index contributed by atoms with van der Waals surface area (Å²) in [5.74, 6) is 0.285. The Hall–Kier alpha value is -2.34. The number of anilines is 1. The molecular weight excluding hydrogens is 356 g/mol. The first kappa shape index (κ1) is 17.0. The van der Waals surface area contributed by atoms with Crippen molar-refractivity contribution in [1.82, 2.24) is 5.32 Å². The van der Waals surface area contributed by atoms with Crippen molar-refractivity contribution in [3.63, 3.8) is 0 Å². The van der Waals surface area contributed by atoms with E-state index in [2.05, 4.69) is 31.6 Å². The summed E-state index contributed by atoms with van der Waals surface area (Å²) in [4.78, 5) is 16.1. The molecule has 23 heavy (non-hydrogen) atoms. The summed E-state index contributed by atoms with van der Waals surface area (Å²) in [5, 5.41) is 5.87. The molecule has 0 atom stereocenters. The van der Waals surface area contributed by atoms with Gasteiger partial charge in [-0.3, -0.25) is 9.79 Å². The molecule has 0 unspecified atom stereocenters. The summed E-state index contributed by atoms with van der Waals surface area (Å²) in [7, 11) is 0. The zero-order chi connectivity index (χ0) is 16.5. The fourth-order valence-electron chi connectivity index (χ4n) is 1.89. The van der Waals surface area contributed by atoms with Gasteiger partial charge < -0.3 is 16.4 Å². The first-order valence-electron chi connectivity index (χ1n) is 7.31. The number of rotatable bonds is 6. The van der Waals surface area contributed by atoms with Crippen molar-refractivity contribution >= 4 is 33.5 Å². The van der Waals surface area contributed by atoms with Crippen molar-refractivity contribution in [3.8, 4) is 0 Å². The highest BCUT2D eigenvalue weighted by molar-refractivity contribution is 9.10. The van der Waals surface area contributed by atoms with Gasteiger partial charge in [0.15, 0.2) is 5.96 Å². The number of para-hydroxylation sites is 1. The predicted octanol–water partition coefficient (Wildman–Crippen LogP) is 3.00. The van der Waals surface area contributed by atoms with E-state index >= 15 is 0 Å². The molecule has 0 radical (unpaired) electrons. The number of nitrogens with zero attached hydrogens (tertiary/aromatic N) is 1. The molecule has 0 fully saturated rings. The Morgan fingerprint density at radius 1 is 1.09 bits per heavy atom. The monoisotopic (exact) mass is 374 g/mol. The minimum absolute atomic E-state index is 0.0862. The van der Waals surface area contributed by atoms with E-state index in [1.54, 1.807) is 12.1 Å². The Kier molecular flexibility index (Phi) is 6.62. The summed E-state index contributed by atoms with van der Waals surface area (Å²) in [5.41, 5.74) is 7.34. The quantitative estimate of drug-likeness (QED) is 0.413. The number of amides is 1. The number of nitrogens with one attached hydrogen (secondary N) is 2. The van der Waals surface area contributed by atoms with E-state index in [1.807, 2.05) is 42.5 Å². The third kappa shape index (κ3) is 6.12. The van der Waals surface area contributed by atoms with Crippen molar-refractivity contribution in [1.29, 1.82) is 0 Å². The van der Waals surface area contributed by atoms with Crippen LogP contribution in [0.25, 0.3) is 0 Å². The van der Waals surface area contributed by atoms with Crippen LogP contribution in [0, 0.1) is 0 Å². The Morgan fingerprint density at radius 3 is 2.48 bits per heavy atom. The number of hydrogen-bond acceptors (Lipinski definition) is 2. The Balaban J connectivity index is 1.67. The van der Waals surface area contributed by atoms with Crippen LogP contribution in [-0.4, -0.2) is 25.0 Å². The maximum Gasteiger partial charge on any atom is 0.251 e. The summed E-state index contributed by atoms with van der Waals surface area (Å²) >= 11 is 3.34. The highest BCUT2D eigenvalue weighted by atomic mass is 79.9. The Labute approximate surface area is 144 Å². The van der Waals surface area contributed by atoms with E-state index < -0.39 is 0 Å². The van der Waals surface area contributed by atoms with Gasteiger partial charge >= 0.3 is 0 Å². The van der Waals surface area contributed by atoms with Crippen LogP contribution < -0.4 is 16.4 Å². The maximum atomic E-state index is 11.9. The standard InChI is InChI=1S/C17H19BrN4O/c18-14-9-7-13(8-10-14)16(23)20-11-4-12-21-17(19)22-15-5-2-1-3-6-15/h1-3,5-10H,4,11-12H2,(H,20,23)(H3,19,21,22). The molecule has 0 aliphatic heterocycles. The molecule has 6 heteroatoms. The van der Waals surface area contributed by atoms with Crippen LogP contribution in [0.5, 0.6) is 0 Å². The van der Waals surface area contributed by atoms with Crippen LogP contribution in [0.3, 0.4) is 0 Å². The summed E-state index contributed by atoms with van der Waals surface area (Å²) in [6.45, 7) is 1.10. The number of nitrogens with two attached hydrogens (primary N) is 1. The summed E-state index contributed by atoms with van der Waals surface area (Å²) < 4.78 is 0.949. The van der Waals surface area contributed by atoms with E-state index in [1.165, 1.54) is 0 Å². The fourth-order valence-corrected chi connectivity index (χ4v) is 2.16. The van der Waals surface area contributed by atoms with Gasteiger partial charge in [-0.25, -0.2) is 0 Å². The Bertz CT molecular complexity index is 656. The molecule has 0 aliphatic rings. The normalized spacial score (nSPS) is 11.1. The van der Waals surface area contributed by atoms with Crippen LogP contribution in [0.15, 0.2) is 64.1 Å². The molecule has 2 aromatic rings. The zero-order valence-corrected chi connectivity index (χ0v) is 14.2. The van der Waals surface area contributed by atoms with Crippen molar-refractivity contribution in [2.24, 2.45) is 10.7 Å². The molecule has 4 N–H and O–H groups in total. The predicted molar refractivity (Wildman–Crippen MR) is 97.6 cm³/mol. The summed E-state index contributed by atoms with van der Waals surface area (Å²) in [6, 6.07) is 16.9. The van der Waals surface area contributed by atoms with Crippen molar-refractivity contribution < 1.29 is 4.79 Å². The molecule has 0 aliphatic carbocycles. The first-order chi connectivity index (χ1) is 11.1. The van der Waals surface area contributed by atoms with Crippen molar-refractivity contribution in [3.05, 3.63) is 64.6 Å². The van der Waals surface area contributed by atoms with Gasteiger partial charge in [0.05, 0.1) is 0 Å². The van der Waals surface area contributed by atoms with Gasteiger partial charge in [0.2, 0.25) is 0 Å². The third-order valence-electron chi connectivity index (χ3n) is 3.06. The molecule has 120 valence electrons. The second-order valence-electron chi connectivity index (χ2n) is 4.87. The number of carbonyl (C=O) groups is 1. The summed E-state index contributed by atoms with van der Waals surface area (Å²) in [6.07, 6.45) is 0.722. The molecule has 2 rings (SSSR count). The lowest BCUT2D eigenvalue weighted by Crippen LogP contribution is -2.26. The molecule has 0 spiro atoms. The number of halogens is 1. The fraction of sp³-hybridized carbons (Fsp3) is 0.176. The molecule has 5 nitrogen and oxygen atoms in total. The molecule has 1 amide bonds. The van der Waals surface area contributed by atoms with Crippen LogP contribution in [0.4, 0.5) is 5.69 Å². The highest BCUT2D eigenvalue weighted by Crippen LogP contribution is 2.10. The van der Waals surface area contributed by atoms with Crippen molar-refractivity contribution in [2.75, 3.05) is 18.4 Å². The number of benzene rings is 2. The number of aliphatic imine (C=N–C) groups is 1. The van der Waals surface area contributed by atoms with Crippen LogP contribution >= 0.6 is 15.9 Å². The van der Waals surface area contributed by atoms with Gasteiger partial charge in [-0.2, -0.15) is 0 Å². The third-order valence-corrected chi connectivity index (χ3v) is 3.58. The molecular formula is C17H19BrN4O. The van der Waals surface area contributed by atoms with Crippen LogP contribution in [0.2, 0.25) is 0 Å². The van der Waals surface area contributed by atoms with E-state index in [4.69, 9.17) is 5.73 Å². The molecule has 0 heterocycles. The molecule has 0 saturated carbocycles. The van der Waals surface area contributed by atoms with E-state index in [-0.39, 0.29) is 5.91 Å². The molecule has 2 aromatic carbocycles. The number of guanidine groups is 1. The van der Waals surface area contributed by atoms with Crippen LogP contribution in [0.1, 0.15) is 16.8 Å². The molecule has 0 saturated heterocycles. The average Bonchev–Trinajstić information content (AvgIpc) is 2.56.